The Bertz CT molecular complexity index is 423. The lowest BCUT2D eigenvalue weighted by molar-refractivity contribution is 0.545. The van der Waals surface area contributed by atoms with Crippen LogP contribution in [0, 0.1) is 17.8 Å². The van der Waals surface area contributed by atoms with E-state index >= 15 is 0 Å². The highest BCUT2D eigenvalue weighted by atomic mass is 14.7. The molecule has 0 aromatic heterocycles. The van der Waals surface area contributed by atoms with E-state index in [0.29, 0.717) is 5.92 Å². The molecule has 0 spiro atoms. The summed E-state index contributed by atoms with van der Waals surface area (Å²) < 4.78 is 0. The smallest absolute Gasteiger partial charge is 0.0330 e. The topological polar surface area (TPSA) is 12.4 Å². The lowest BCUT2D eigenvalue weighted by Gasteiger charge is -2.05. The minimum absolute atomic E-state index is 0.673. The standard InChI is InChI=1S/C12H21N.C12H22.C2H6/c1-5-8-9-12(7-3)10-13-11(4)6-2;1-4-7-8-11-12(9-5-2)10-6-3;1-2/h6-7,10H,5,8-9H2,1-4H3;12H,4-7,9-10H2,1-3H3;1-2H3/b11-6+,12-7-,13-10+;;. The van der Waals surface area contributed by atoms with Gasteiger partial charge in [-0.25, -0.2) is 0 Å². The average Bonchev–Trinajstić information content (AvgIpc) is 2.70. The van der Waals surface area contributed by atoms with E-state index in [0.717, 1.165) is 18.5 Å². The van der Waals surface area contributed by atoms with Crippen LogP contribution in [0.1, 0.15) is 120 Å². The number of unbranched alkanes of at least 4 members (excludes halogenated alkanes) is 2. The van der Waals surface area contributed by atoms with E-state index in [1.807, 2.05) is 40.0 Å². The highest BCUT2D eigenvalue weighted by Crippen LogP contribution is 2.11. The van der Waals surface area contributed by atoms with E-state index in [4.69, 9.17) is 0 Å². The second kappa shape index (κ2) is 26.9. The number of hydrogen-bond donors (Lipinski definition) is 0. The summed E-state index contributed by atoms with van der Waals surface area (Å²) in [5.41, 5.74) is 2.42. The molecule has 0 aliphatic rings. The summed E-state index contributed by atoms with van der Waals surface area (Å²) in [4.78, 5) is 4.33. The van der Waals surface area contributed by atoms with Gasteiger partial charge in [-0.15, -0.1) is 5.92 Å². The van der Waals surface area contributed by atoms with Crippen LogP contribution in [0.15, 0.2) is 28.4 Å². The first kappa shape index (κ1) is 30.4. The van der Waals surface area contributed by atoms with E-state index in [1.165, 1.54) is 50.5 Å². The van der Waals surface area contributed by atoms with Crippen molar-refractivity contribution in [3.63, 3.8) is 0 Å². The van der Waals surface area contributed by atoms with Crippen molar-refractivity contribution >= 4 is 6.21 Å². The van der Waals surface area contributed by atoms with Crippen molar-refractivity contribution in [2.75, 3.05) is 0 Å². The van der Waals surface area contributed by atoms with Gasteiger partial charge >= 0.3 is 0 Å². The van der Waals surface area contributed by atoms with Gasteiger partial charge in [-0.1, -0.05) is 78.9 Å². The maximum atomic E-state index is 4.33. The zero-order valence-corrected chi connectivity index (χ0v) is 20.1. The van der Waals surface area contributed by atoms with Crippen molar-refractivity contribution in [3.05, 3.63) is 23.4 Å². The van der Waals surface area contributed by atoms with Gasteiger partial charge in [0.1, 0.15) is 0 Å². The molecule has 0 fully saturated rings. The molecular formula is C26H49N. The Morgan fingerprint density at radius 1 is 0.889 bits per heavy atom. The molecule has 0 saturated heterocycles. The normalized spacial score (nSPS) is 11.3. The minimum atomic E-state index is 0.673. The summed E-state index contributed by atoms with van der Waals surface area (Å²) in [6.07, 6.45) is 17.1. The second-order valence-electron chi connectivity index (χ2n) is 6.50. The van der Waals surface area contributed by atoms with Gasteiger partial charge in [0.25, 0.3) is 0 Å². The number of rotatable bonds is 10. The quantitative estimate of drug-likeness (QED) is 0.266. The van der Waals surface area contributed by atoms with Crippen molar-refractivity contribution in [1.82, 2.24) is 0 Å². The SMILES string of the molecule is CC.CCCC#CC(CCC)CCC.C\C=C(/C=N/C(C)=C/C)CCCC. The van der Waals surface area contributed by atoms with E-state index < -0.39 is 0 Å². The van der Waals surface area contributed by atoms with Gasteiger partial charge in [-0.3, -0.25) is 4.99 Å². The predicted molar refractivity (Wildman–Crippen MR) is 129 cm³/mol. The van der Waals surface area contributed by atoms with Gasteiger partial charge in [-0.2, -0.15) is 0 Å². The fourth-order valence-corrected chi connectivity index (χ4v) is 2.25. The van der Waals surface area contributed by atoms with Gasteiger partial charge in [0.15, 0.2) is 0 Å². The number of nitrogens with zero attached hydrogens (tertiary/aromatic N) is 1. The van der Waals surface area contributed by atoms with Gasteiger partial charge < -0.3 is 0 Å². The number of hydrogen-bond acceptors (Lipinski definition) is 1. The summed E-state index contributed by atoms with van der Waals surface area (Å²) in [5, 5.41) is 0. The Labute approximate surface area is 172 Å². The monoisotopic (exact) mass is 375 g/mol. The van der Waals surface area contributed by atoms with Crippen molar-refractivity contribution < 1.29 is 0 Å². The van der Waals surface area contributed by atoms with Gasteiger partial charge in [0, 0.05) is 24.3 Å². The summed E-state index contributed by atoms with van der Waals surface area (Å²) in [6, 6.07) is 0. The molecule has 0 radical (unpaired) electrons. The van der Waals surface area contributed by atoms with Crippen LogP contribution in [0.5, 0.6) is 0 Å². The first-order chi connectivity index (χ1) is 13.1. The fourth-order valence-electron chi connectivity index (χ4n) is 2.25. The molecule has 1 heteroatoms. The summed E-state index contributed by atoms with van der Waals surface area (Å²) in [6.45, 7) is 19.0. The molecule has 1 nitrogen and oxygen atoms in total. The largest absolute Gasteiger partial charge is 0.262 e. The molecule has 0 bridgehead atoms. The van der Waals surface area contributed by atoms with E-state index in [1.54, 1.807) is 0 Å². The zero-order chi connectivity index (χ0) is 21.3. The Kier molecular flexibility index (Phi) is 30.4. The Morgan fingerprint density at radius 3 is 1.89 bits per heavy atom. The van der Waals surface area contributed by atoms with Crippen molar-refractivity contribution in [2.24, 2.45) is 10.9 Å². The zero-order valence-electron chi connectivity index (χ0n) is 20.1. The Morgan fingerprint density at radius 2 is 1.48 bits per heavy atom. The predicted octanol–water partition coefficient (Wildman–Crippen LogP) is 9.15. The maximum absolute atomic E-state index is 4.33. The lowest BCUT2D eigenvalue weighted by atomic mass is 9.99. The van der Waals surface area contributed by atoms with Crippen molar-refractivity contribution in [1.29, 1.82) is 0 Å². The van der Waals surface area contributed by atoms with Crippen LogP contribution in [0.4, 0.5) is 0 Å². The Hall–Kier alpha value is -1.29. The molecule has 0 saturated carbocycles. The maximum Gasteiger partial charge on any atom is 0.0330 e. The molecule has 0 aromatic carbocycles. The van der Waals surface area contributed by atoms with E-state index in [-0.39, 0.29) is 0 Å². The van der Waals surface area contributed by atoms with Crippen LogP contribution < -0.4 is 0 Å². The summed E-state index contributed by atoms with van der Waals surface area (Å²) >= 11 is 0. The average molecular weight is 376 g/mol. The molecule has 0 N–H and O–H groups in total. The summed E-state index contributed by atoms with van der Waals surface area (Å²) in [5.74, 6) is 7.30. The first-order valence-electron chi connectivity index (χ1n) is 11.4. The molecule has 0 unspecified atom stereocenters. The lowest BCUT2D eigenvalue weighted by Crippen LogP contribution is -1.95. The third kappa shape index (κ3) is 24.7. The number of aliphatic imine (C=N–C) groups is 1. The van der Waals surface area contributed by atoms with Crippen LogP contribution in [0.2, 0.25) is 0 Å². The van der Waals surface area contributed by atoms with Crippen LogP contribution in [-0.2, 0) is 0 Å². The second-order valence-corrected chi connectivity index (χ2v) is 6.50. The van der Waals surface area contributed by atoms with Crippen LogP contribution in [0.3, 0.4) is 0 Å². The molecule has 0 amide bonds. The molecule has 0 rings (SSSR count). The van der Waals surface area contributed by atoms with Crippen molar-refractivity contribution in [2.45, 2.75) is 120 Å². The highest BCUT2D eigenvalue weighted by molar-refractivity contribution is 5.79. The van der Waals surface area contributed by atoms with Crippen LogP contribution in [-0.4, -0.2) is 6.21 Å². The van der Waals surface area contributed by atoms with E-state index in [2.05, 4.69) is 57.5 Å². The van der Waals surface area contributed by atoms with Gasteiger partial charge in [0.2, 0.25) is 0 Å². The highest BCUT2D eigenvalue weighted by Gasteiger charge is 2.00. The molecule has 0 atom stereocenters. The molecule has 0 heterocycles. The number of allylic oxidation sites excluding steroid dienone is 4. The van der Waals surface area contributed by atoms with Gasteiger partial charge in [0.05, 0.1) is 0 Å². The fraction of sp³-hybridized carbons (Fsp3) is 0.731. The molecular weight excluding hydrogens is 326 g/mol. The molecule has 27 heavy (non-hydrogen) atoms. The Balaban J connectivity index is -0.000000391. The molecule has 0 aliphatic carbocycles. The molecule has 158 valence electrons. The van der Waals surface area contributed by atoms with Crippen LogP contribution >= 0.6 is 0 Å². The van der Waals surface area contributed by atoms with Crippen LogP contribution in [0.25, 0.3) is 0 Å². The molecule has 0 aromatic rings. The minimum Gasteiger partial charge on any atom is -0.262 e. The third-order valence-corrected chi connectivity index (χ3v) is 4.00. The van der Waals surface area contributed by atoms with Gasteiger partial charge in [-0.05, 0) is 58.4 Å². The first-order valence-corrected chi connectivity index (χ1v) is 11.4. The van der Waals surface area contributed by atoms with E-state index in [9.17, 15) is 0 Å². The summed E-state index contributed by atoms with van der Waals surface area (Å²) in [7, 11) is 0. The molecule has 0 aliphatic heterocycles. The third-order valence-electron chi connectivity index (χ3n) is 4.00. The van der Waals surface area contributed by atoms with Crippen molar-refractivity contribution in [3.8, 4) is 11.8 Å².